The first-order valence-electron chi connectivity index (χ1n) is 20.8. The van der Waals surface area contributed by atoms with Crippen LogP contribution in [0.3, 0.4) is 0 Å². The molecule has 3 aromatic heterocycles. The number of rotatable bonds is 12. The third-order valence-corrected chi connectivity index (χ3v) is 11.4. The Morgan fingerprint density at radius 3 is 1.48 bits per heavy atom. The standard InChI is InChI=1S/C56H47N3O/c1-38-26-28-57-53(30-38)44-20-16-40(17-21-44)12-14-42-32-43(15-13-41-18-22-45(23-19-41)54-31-39(2)27-29-58-54)34-49(33-42)50-10-6-7-11-51(50)52-25-24-47(36-56(52)60-3)55-35-46-8-4-5-9-48(46)37-59-55/h4-11,16-37H,12-15H2,1-3H3. The van der Waals surface area contributed by atoms with Gasteiger partial charge in [-0.2, -0.15) is 0 Å². The summed E-state index contributed by atoms with van der Waals surface area (Å²) in [5, 5.41) is 2.29. The molecule has 0 bridgehead atoms. The third kappa shape index (κ3) is 8.64. The molecule has 0 aliphatic carbocycles. The van der Waals surface area contributed by atoms with Gasteiger partial charge in [-0.1, -0.05) is 121 Å². The Labute approximate surface area is 353 Å². The molecule has 60 heavy (non-hydrogen) atoms. The summed E-state index contributed by atoms with van der Waals surface area (Å²) >= 11 is 0. The summed E-state index contributed by atoms with van der Waals surface area (Å²) in [7, 11) is 1.76. The van der Waals surface area contributed by atoms with E-state index in [1.165, 1.54) is 49.9 Å². The molecule has 9 rings (SSSR count). The average Bonchev–Trinajstić information content (AvgIpc) is 3.30. The molecule has 292 valence electrons. The minimum absolute atomic E-state index is 0.819. The normalized spacial score (nSPS) is 11.2. The molecular formula is C56H47N3O. The van der Waals surface area contributed by atoms with Gasteiger partial charge in [0.05, 0.1) is 24.2 Å². The molecule has 0 aliphatic heterocycles. The molecule has 9 aromatic rings. The maximum Gasteiger partial charge on any atom is 0.127 e. The van der Waals surface area contributed by atoms with E-state index < -0.39 is 0 Å². The van der Waals surface area contributed by atoms with E-state index in [1.807, 2.05) is 36.8 Å². The SMILES string of the molecule is COc1cc(-c2cc3ccccc3cn2)ccc1-c1ccccc1-c1cc(CCc2ccc(-c3cc(C)ccn3)cc2)cc(CCc2ccc(-c3cc(C)ccn3)cc2)c1. The molecule has 0 fully saturated rings. The first-order chi connectivity index (χ1) is 29.5. The number of hydrogen-bond donors (Lipinski definition) is 0. The van der Waals surface area contributed by atoms with Crippen molar-refractivity contribution in [2.75, 3.05) is 7.11 Å². The van der Waals surface area contributed by atoms with Gasteiger partial charge in [-0.25, -0.2) is 0 Å². The zero-order chi connectivity index (χ0) is 40.8. The highest BCUT2D eigenvalue weighted by Crippen LogP contribution is 2.40. The molecule has 0 aliphatic rings. The zero-order valence-corrected chi connectivity index (χ0v) is 34.4. The lowest BCUT2D eigenvalue weighted by molar-refractivity contribution is 0.416. The fourth-order valence-electron chi connectivity index (χ4n) is 8.14. The number of pyridine rings is 3. The van der Waals surface area contributed by atoms with Gasteiger partial charge in [0.15, 0.2) is 0 Å². The Hall–Kier alpha value is -7.17. The molecule has 4 nitrogen and oxygen atoms in total. The summed E-state index contributed by atoms with van der Waals surface area (Å²) in [4.78, 5) is 14.0. The van der Waals surface area contributed by atoms with E-state index in [-0.39, 0.29) is 0 Å². The number of methoxy groups -OCH3 is 1. The van der Waals surface area contributed by atoms with E-state index in [0.717, 1.165) is 81.7 Å². The number of ether oxygens (including phenoxy) is 1. The fourth-order valence-corrected chi connectivity index (χ4v) is 8.14. The first kappa shape index (κ1) is 38.4. The van der Waals surface area contributed by atoms with Crippen molar-refractivity contribution in [3.05, 3.63) is 216 Å². The van der Waals surface area contributed by atoms with Crippen LogP contribution in [0, 0.1) is 13.8 Å². The van der Waals surface area contributed by atoms with Crippen LogP contribution in [0.2, 0.25) is 0 Å². The van der Waals surface area contributed by atoms with E-state index in [0.29, 0.717) is 0 Å². The Kier molecular flexibility index (Phi) is 11.1. The predicted molar refractivity (Wildman–Crippen MR) is 248 cm³/mol. The van der Waals surface area contributed by atoms with Gasteiger partial charge in [0, 0.05) is 46.2 Å². The summed E-state index contributed by atoms with van der Waals surface area (Å²) in [5.74, 6) is 0.819. The molecule has 6 aromatic carbocycles. The summed E-state index contributed by atoms with van der Waals surface area (Å²) in [6.45, 7) is 4.22. The van der Waals surface area contributed by atoms with Crippen molar-refractivity contribution in [2.45, 2.75) is 39.5 Å². The monoisotopic (exact) mass is 777 g/mol. The molecular weight excluding hydrogens is 731 g/mol. The molecule has 3 heterocycles. The molecule has 0 N–H and O–H groups in total. The van der Waals surface area contributed by atoms with Crippen LogP contribution in [-0.4, -0.2) is 22.1 Å². The first-order valence-corrected chi connectivity index (χ1v) is 20.8. The van der Waals surface area contributed by atoms with Gasteiger partial charge >= 0.3 is 0 Å². The summed E-state index contributed by atoms with van der Waals surface area (Å²) in [6.07, 6.45) is 9.46. The van der Waals surface area contributed by atoms with Gasteiger partial charge in [-0.3, -0.25) is 15.0 Å². The zero-order valence-electron chi connectivity index (χ0n) is 34.4. The molecule has 0 unspecified atom stereocenters. The van der Waals surface area contributed by atoms with Gasteiger partial charge in [0.2, 0.25) is 0 Å². The second kappa shape index (κ2) is 17.4. The van der Waals surface area contributed by atoms with Crippen LogP contribution >= 0.6 is 0 Å². The van der Waals surface area contributed by atoms with Crippen molar-refractivity contribution >= 4 is 10.8 Å². The molecule has 0 saturated carbocycles. The molecule has 0 saturated heterocycles. The third-order valence-electron chi connectivity index (χ3n) is 11.4. The smallest absolute Gasteiger partial charge is 0.127 e. The number of aromatic nitrogens is 3. The largest absolute Gasteiger partial charge is 0.496 e. The quantitative estimate of drug-likeness (QED) is 0.124. The van der Waals surface area contributed by atoms with Gasteiger partial charge in [0.1, 0.15) is 5.75 Å². The van der Waals surface area contributed by atoms with Gasteiger partial charge in [0.25, 0.3) is 0 Å². The van der Waals surface area contributed by atoms with Crippen LogP contribution in [0.1, 0.15) is 33.4 Å². The summed E-state index contributed by atoms with van der Waals surface area (Å²) in [6, 6.07) is 59.0. The van der Waals surface area contributed by atoms with Crippen LogP contribution in [0.15, 0.2) is 182 Å². The predicted octanol–water partition coefficient (Wildman–Crippen LogP) is 13.6. The summed E-state index contributed by atoms with van der Waals surface area (Å²) in [5.41, 5.74) is 18.5. The molecule has 0 amide bonds. The second-order valence-electron chi connectivity index (χ2n) is 15.7. The Morgan fingerprint density at radius 2 is 0.900 bits per heavy atom. The number of nitrogens with zero attached hydrogens (tertiary/aromatic N) is 3. The van der Waals surface area contributed by atoms with Crippen molar-refractivity contribution in [1.29, 1.82) is 0 Å². The Bertz CT molecular complexity index is 2820. The molecule has 0 radical (unpaired) electrons. The van der Waals surface area contributed by atoms with Crippen molar-refractivity contribution in [2.24, 2.45) is 0 Å². The van der Waals surface area contributed by atoms with Crippen LogP contribution in [0.25, 0.3) is 66.8 Å². The van der Waals surface area contributed by atoms with Crippen molar-refractivity contribution < 1.29 is 4.74 Å². The number of fused-ring (bicyclic) bond motifs is 1. The van der Waals surface area contributed by atoms with E-state index in [4.69, 9.17) is 9.72 Å². The second-order valence-corrected chi connectivity index (χ2v) is 15.7. The van der Waals surface area contributed by atoms with Gasteiger partial charge < -0.3 is 4.74 Å². The lowest BCUT2D eigenvalue weighted by Crippen LogP contribution is -1.98. The van der Waals surface area contributed by atoms with E-state index in [2.05, 4.69) is 169 Å². The number of hydrogen-bond acceptors (Lipinski definition) is 4. The highest BCUT2D eigenvalue weighted by Gasteiger charge is 2.16. The van der Waals surface area contributed by atoms with Crippen LogP contribution in [-0.2, 0) is 25.7 Å². The topological polar surface area (TPSA) is 47.9 Å². The van der Waals surface area contributed by atoms with E-state index in [9.17, 15) is 0 Å². The maximum absolute atomic E-state index is 6.11. The average molecular weight is 778 g/mol. The van der Waals surface area contributed by atoms with Crippen LogP contribution in [0.4, 0.5) is 0 Å². The summed E-state index contributed by atoms with van der Waals surface area (Å²) < 4.78 is 6.11. The Morgan fingerprint density at radius 1 is 0.383 bits per heavy atom. The fraction of sp³-hybridized carbons (Fsp3) is 0.125. The lowest BCUT2D eigenvalue weighted by atomic mass is 9.89. The van der Waals surface area contributed by atoms with Gasteiger partial charge in [-0.05, 0) is 137 Å². The van der Waals surface area contributed by atoms with E-state index in [1.54, 1.807) is 7.11 Å². The minimum Gasteiger partial charge on any atom is -0.496 e. The highest BCUT2D eigenvalue weighted by atomic mass is 16.5. The minimum atomic E-state index is 0.819. The van der Waals surface area contributed by atoms with Crippen molar-refractivity contribution in [1.82, 2.24) is 15.0 Å². The van der Waals surface area contributed by atoms with Crippen molar-refractivity contribution in [3.63, 3.8) is 0 Å². The molecule has 0 spiro atoms. The lowest BCUT2D eigenvalue weighted by Gasteiger charge is -2.17. The Balaban J connectivity index is 1.03. The highest BCUT2D eigenvalue weighted by molar-refractivity contribution is 5.89. The number of aryl methyl sites for hydroxylation is 6. The number of benzene rings is 6. The van der Waals surface area contributed by atoms with Crippen LogP contribution in [0.5, 0.6) is 5.75 Å². The van der Waals surface area contributed by atoms with E-state index >= 15 is 0 Å². The van der Waals surface area contributed by atoms with Crippen molar-refractivity contribution in [3.8, 4) is 61.8 Å². The molecule has 0 atom stereocenters. The maximum atomic E-state index is 6.11. The van der Waals surface area contributed by atoms with Gasteiger partial charge in [-0.15, -0.1) is 0 Å². The van der Waals surface area contributed by atoms with Crippen LogP contribution < -0.4 is 4.74 Å². The molecule has 4 heteroatoms.